The van der Waals surface area contributed by atoms with Crippen molar-refractivity contribution in [2.45, 2.75) is 38.5 Å². The van der Waals surface area contributed by atoms with Crippen molar-refractivity contribution in [2.24, 2.45) is 0 Å². The van der Waals surface area contributed by atoms with Crippen molar-refractivity contribution >= 4 is 29.6 Å². The largest absolute Gasteiger partial charge is 0.465 e. The van der Waals surface area contributed by atoms with Crippen LogP contribution in [0.4, 0.5) is 10.6 Å². The van der Waals surface area contributed by atoms with Crippen LogP contribution in [0.15, 0.2) is 11.4 Å². The van der Waals surface area contributed by atoms with Gasteiger partial charge in [-0.1, -0.05) is 11.8 Å². The summed E-state index contributed by atoms with van der Waals surface area (Å²) in [6, 6.07) is 1.88. The van der Waals surface area contributed by atoms with E-state index in [1.165, 1.54) is 6.20 Å². The molecule has 1 N–H and O–H groups in total. The Balaban J connectivity index is 2.81. The molecule has 8 nitrogen and oxygen atoms in total. The van der Waals surface area contributed by atoms with Gasteiger partial charge in [-0.2, -0.15) is 5.26 Å². The van der Waals surface area contributed by atoms with Crippen LogP contribution in [0.1, 0.15) is 33.3 Å². The molecular formula is C14H18N4O4S. The van der Waals surface area contributed by atoms with Gasteiger partial charge in [0.15, 0.2) is 11.0 Å². The zero-order valence-electron chi connectivity index (χ0n) is 13.4. The van der Waals surface area contributed by atoms with Gasteiger partial charge in [-0.15, -0.1) is 0 Å². The van der Waals surface area contributed by atoms with Crippen molar-refractivity contribution in [1.82, 2.24) is 9.97 Å². The van der Waals surface area contributed by atoms with Gasteiger partial charge in [0.05, 0.1) is 18.6 Å². The molecule has 1 rings (SSSR count). The van der Waals surface area contributed by atoms with Gasteiger partial charge in [-0.05, 0) is 27.7 Å². The third-order valence-electron chi connectivity index (χ3n) is 2.13. The summed E-state index contributed by atoms with van der Waals surface area (Å²) in [5.41, 5.74) is -0.581. The molecule has 1 aromatic rings. The number of thioether (sulfide) groups is 1. The van der Waals surface area contributed by atoms with Crippen LogP contribution in [0.3, 0.4) is 0 Å². The predicted molar refractivity (Wildman–Crippen MR) is 84.0 cm³/mol. The van der Waals surface area contributed by atoms with E-state index in [9.17, 15) is 9.59 Å². The number of hydrogen-bond acceptors (Lipinski definition) is 8. The number of nitrogens with zero attached hydrogens (tertiary/aromatic N) is 3. The summed E-state index contributed by atoms with van der Waals surface area (Å²) in [7, 11) is 0. The Morgan fingerprint density at radius 1 is 1.43 bits per heavy atom. The minimum Gasteiger partial charge on any atom is -0.465 e. The number of esters is 1. The lowest BCUT2D eigenvalue weighted by Crippen LogP contribution is -2.27. The maximum atomic E-state index is 11.8. The minimum absolute atomic E-state index is 0.0307. The van der Waals surface area contributed by atoms with Crippen LogP contribution in [-0.2, 0) is 14.3 Å². The fraction of sp³-hybridized carbons (Fsp3) is 0.500. The Morgan fingerprint density at radius 3 is 2.70 bits per heavy atom. The highest BCUT2D eigenvalue weighted by Crippen LogP contribution is 2.19. The quantitative estimate of drug-likeness (QED) is 0.494. The first-order valence-electron chi connectivity index (χ1n) is 6.80. The topological polar surface area (TPSA) is 114 Å². The Labute approximate surface area is 138 Å². The normalized spacial score (nSPS) is 10.6. The third kappa shape index (κ3) is 6.97. The number of anilines is 1. The Kier molecular flexibility index (Phi) is 6.78. The molecule has 0 aliphatic heterocycles. The SMILES string of the molecule is CCOC(=O)CSc1ncc(C#N)c(NC(=O)OC(C)(C)C)n1. The summed E-state index contributed by atoms with van der Waals surface area (Å²) in [6.45, 7) is 7.16. The summed E-state index contributed by atoms with van der Waals surface area (Å²) >= 11 is 1.04. The molecule has 0 atom stereocenters. The standard InChI is InChI=1S/C14H18N4O4S/c1-5-21-10(19)8-23-12-16-7-9(6-15)11(17-12)18-13(20)22-14(2,3)4/h7H,5,8H2,1-4H3,(H,16,17,18,20). The molecule has 0 fully saturated rings. The van der Waals surface area contributed by atoms with E-state index in [-0.39, 0.29) is 22.3 Å². The average Bonchev–Trinajstić information content (AvgIpc) is 2.43. The lowest BCUT2D eigenvalue weighted by atomic mass is 10.2. The summed E-state index contributed by atoms with van der Waals surface area (Å²) < 4.78 is 9.91. The van der Waals surface area contributed by atoms with Gasteiger partial charge in [0, 0.05) is 0 Å². The van der Waals surface area contributed by atoms with Crippen LogP contribution < -0.4 is 5.32 Å². The molecule has 0 saturated heterocycles. The maximum Gasteiger partial charge on any atom is 0.413 e. The highest BCUT2D eigenvalue weighted by Gasteiger charge is 2.18. The molecule has 0 radical (unpaired) electrons. The predicted octanol–water partition coefficient (Wildman–Crippen LogP) is 2.35. The number of carbonyl (C=O) groups excluding carboxylic acids is 2. The highest BCUT2D eigenvalue weighted by atomic mass is 32.2. The molecule has 124 valence electrons. The molecule has 0 spiro atoms. The van der Waals surface area contributed by atoms with Crippen molar-refractivity contribution in [3.8, 4) is 6.07 Å². The number of rotatable bonds is 5. The van der Waals surface area contributed by atoms with Crippen LogP contribution in [-0.4, -0.2) is 40.0 Å². The van der Waals surface area contributed by atoms with Gasteiger partial charge in [-0.3, -0.25) is 10.1 Å². The van der Waals surface area contributed by atoms with E-state index in [1.54, 1.807) is 27.7 Å². The number of amides is 1. The molecule has 0 aromatic carbocycles. The van der Waals surface area contributed by atoms with Crippen molar-refractivity contribution in [3.63, 3.8) is 0 Å². The highest BCUT2D eigenvalue weighted by molar-refractivity contribution is 7.99. The number of nitrogens with one attached hydrogen (secondary N) is 1. The van der Waals surface area contributed by atoms with Crippen LogP contribution in [0.25, 0.3) is 0 Å². The second-order valence-corrected chi connectivity index (χ2v) is 6.19. The van der Waals surface area contributed by atoms with E-state index in [0.29, 0.717) is 6.61 Å². The Bertz CT molecular complexity index is 622. The molecule has 1 amide bonds. The zero-order valence-corrected chi connectivity index (χ0v) is 14.2. The van der Waals surface area contributed by atoms with Gasteiger partial charge in [0.25, 0.3) is 0 Å². The van der Waals surface area contributed by atoms with E-state index < -0.39 is 17.7 Å². The zero-order chi connectivity index (χ0) is 17.5. The molecule has 0 aliphatic rings. The molecule has 0 saturated carbocycles. The third-order valence-corrected chi connectivity index (χ3v) is 2.97. The minimum atomic E-state index is -0.728. The summed E-state index contributed by atoms with van der Waals surface area (Å²) in [4.78, 5) is 31.1. The first-order valence-corrected chi connectivity index (χ1v) is 7.79. The first-order chi connectivity index (χ1) is 10.7. The average molecular weight is 338 g/mol. The Hall–Kier alpha value is -2.34. The monoisotopic (exact) mass is 338 g/mol. The summed E-state index contributed by atoms with van der Waals surface area (Å²) in [6.07, 6.45) is 0.543. The lowest BCUT2D eigenvalue weighted by molar-refractivity contribution is -0.139. The molecule has 9 heteroatoms. The van der Waals surface area contributed by atoms with Gasteiger partial charge in [-0.25, -0.2) is 14.8 Å². The van der Waals surface area contributed by atoms with Gasteiger partial charge in [0.1, 0.15) is 17.2 Å². The van der Waals surface area contributed by atoms with Gasteiger partial charge < -0.3 is 9.47 Å². The maximum absolute atomic E-state index is 11.8. The molecule has 0 aliphatic carbocycles. The molecule has 1 aromatic heterocycles. The fourth-order valence-electron chi connectivity index (χ4n) is 1.34. The number of hydrogen-bond donors (Lipinski definition) is 1. The molecule has 0 unspecified atom stereocenters. The lowest BCUT2D eigenvalue weighted by Gasteiger charge is -2.19. The van der Waals surface area contributed by atoms with E-state index in [0.717, 1.165) is 11.8 Å². The number of aromatic nitrogens is 2. The van der Waals surface area contributed by atoms with Crippen molar-refractivity contribution in [3.05, 3.63) is 11.8 Å². The number of ether oxygens (including phenoxy) is 2. The van der Waals surface area contributed by atoms with Crippen molar-refractivity contribution in [1.29, 1.82) is 5.26 Å². The number of nitriles is 1. The fourth-order valence-corrected chi connectivity index (χ4v) is 1.95. The Morgan fingerprint density at radius 2 is 2.13 bits per heavy atom. The van der Waals surface area contributed by atoms with Crippen molar-refractivity contribution < 1.29 is 19.1 Å². The smallest absolute Gasteiger partial charge is 0.413 e. The second-order valence-electron chi connectivity index (χ2n) is 5.25. The molecule has 1 heterocycles. The van der Waals surface area contributed by atoms with Crippen LogP contribution in [0.2, 0.25) is 0 Å². The molecular weight excluding hydrogens is 320 g/mol. The van der Waals surface area contributed by atoms with Crippen LogP contribution >= 0.6 is 11.8 Å². The van der Waals surface area contributed by atoms with Gasteiger partial charge >= 0.3 is 12.1 Å². The summed E-state index contributed by atoms with van der Waals surface area (Å²) in [5, 5.41) is 11.7. The van der Waals surface area contributed by atoms with E-state index >= 15 is 0 Å². The van der Waals surface area contributed by atoms with Gasteiger partial charge in [0.2, 0.25) is 0 Å². The molecule has 23 heavy (non-hydrogen) atoms. The van der Waals surface area contributed by atoms with E-state index in [2.05, 4.69) is 15.3 Å². The van der Waals surface area contributed by atoms with Crippen molar-refractivity contribution in [2.75, 3.05) is 17.7 Å². The molecule has 0 bridgehead atoms. The van der Waals surface area contributed by atoms with E-state index in [1.807, 2.05) is 6.07 Å². The first kappa shape index (κ1) is 18.7. The van der Waals surface area contributed by atoms with Crippen LogP contribution in [0, 0.1) is 11.3 Å². The number of carbonyl (C=O) groups is 2. The van der Waals surface area contributed by atoms with E-state index in [4.69, 9.17) is 14.7 Å². The second kappa shape index (κ2) is 8.33. The summed E-state index contributed by atoms with van der Waals surface area (Å²) in [5.74, 6) is -0.332. The van der Waals surface area contributed by atoms with Crippen LogP contribution in [0.5, 0.6) is 0 Å².